The Hall–Kier alpha value is -1.40. The Morgan fingerprint density at radius 1 is 1.24 bits per heavy atom. The molecule has 1 unspecified atom stereocenters. The third kappa shape index (κ3) is 3.83. The molecule has 0 aromatic carbocycles. The molecule has 0 aliphatic carbocycles. The molecule has 1 saturated heterocycles. The van der Waals surface area contributed by atoms with Gasteiger partial charge in [-0.25, -0.2) is 9.97 Å². The highest BCUT2D eigenvalue weighted by molar-refractivity contribution is 5.58. The molecule has 0 amide bonds. The van der Waals surface area contributed by atoms with E-state index in [1.807, 2.05) is 7.05 Å². The van der Waals surface area contributed by atoms with Crippen LogP contribution in [0.1, 0.15) is 25.3 Å². The van der Waals surface area contributed by atoms with Crippen molar-refractivity contribution in [3.8, 4) is 0 Å². The lowest BCUT2D eigenvalue weighted by atomic mass is 10.0. The first-order valence-electron chi connectivity index (χ1n) is 7.68. The molecule has 2 heterocycles. The van der Waals surface area contributed by atoms with Crippen LogP contribution in [-0.2, 0) is 0 Å². The van der Waals surface area contributed by atoms with Crippen molar-refractivity contribution in [3.63, 3.8) is 0 Å². The average Bonchev–Trinajstić information content (AvgIpc) is 2.47. The molecule has 1 fully saturated rings. The van der Waals surface area contributed by atoms with Crippen LogP contribution in [0.4, 0.5) is 11.6 Å². The van der Waals surface area contributed by atoms with Crippen molar-refractivity contribution in [2.75, 3.05) is 58.0 Å². The maximum absolute atomic E-state index is 4.44. The molecule has 1 aliphatic rings. The molecule has 6 heteroatoms. The van der Waals surface area contributed by atoms with E-state index < -0.39 is 0 Å². The summed E-state index contributed by atoms with van der Waals surface area (Å²) in [5, 5.41) is 6.69. The summed E-state index contributed by atoms with van der Waals surface area (Å²) in [5.74, 6) is 2.24. The summed E-state index contributed by atoms with van der Waals surface area (Å²) in [6, 6.07) is 0.511. The van der Waals surface area contributed by atoms with Crippen molar-refractivity contribution in [3.05, 3.63) is 11.9 Å². The van der Waals surface area contributed by atoms with Gasteiger partial charge in [-0.05, 0) is 20.0 Å². The molecule has 2 N–H and O–H groups in total. The summed E-state index contributed by atoms with van der Waals surface area (Å²) < 4.78 is 0. The van der Waals surface area contributed by atoms with E-state index in [1.165, 1.54) is 0 Å². The van der Waals surface area contributed by atoms with Crippen molar-refractivity contribution < 1.29 is 0 Å². The van der Waals surface area contributed by atoms with E-state index in [1.54, 1.807) is 6.33 Å². The Morgan fingerprint density at radius 2 is 1.95 bits per heavy atom. The zero-order chi connectivity index (χ0) is 15.4. The summed E-state index contributed by atoms with van der Waals surface area (Å²) >= 11 is 0. The van der Waals surface area contributed by atoms with Crippen LogP contribution in [0.25, 0.3) is 0 Å². The van der Waals surface area contributed by atoms with Gasteiger partial charge in [-0.2, -0.15) is 0 Å². The van der Waals surface area contributed by atoms with Crippen LogP contribution >= 0.6 is 0 Å². The molecule has 1 aliphatic heterocycles. The Balaban J connectivity index is 2.09. The van der Waals surface area contributed by atoms with Gasteiger partial charge < -0.3 is 15.5 Å². The Morgan fingerprint density at radius 3 is 2.62 bits per heavy atom. The number of rotatable bonds is 5. The molecule has 2 rings (SSSR count). The highest BCUT2D eigenvalue weighted by atomic mass is 15.3. The van der Waals surface area contributed by atoms with Gasteiger partial charge in [-0.1, -0.05) is 13.8 Å². The van der Waals surface area contributed by atoms with Gasteiger partial charge in [0.2, 0.25) is 0 Å². The fourth-order valence-corrected chi connectivity index (χ4v) is 2.82. The van der Waals surface area contributed by atoms with Crippen molar-refractivity contribution >= 4 is 11.6 Å². The highest BCUT2D eigenvalue weighted by Gasteiger charge is 2.23. The molecule has 21 heavy (non-hydrogen) atoms. The second-order valence-corrected chi connectivity index (χ2v) is 6.17. The van der Waals surface area contributed by atoms with Crippen molar-refractivity contribution in [1.29, 1.82) is 0 Å². The molecular formula is C15H28N6. The van der Waals surface area contributed by atoms with Crippen molar-refractivity contribution in [2.24, 2.45) is 0 Å². The molecule has 6 nitrogen and oxygen atoms in total. The smallest absolute Gasteiger partial charge is 0.135 e. The fourth-order valence-electron chi connectivity index (χ4n) is 2.82. The lowest BCUT2D eigenvalue weighted by Crippen LogP contribution is -2.52. The zero-order valence-electron chi connectivity index (χ0n) is 13.8. The predicted molar refractivity (Wildman–Crippen MR) is 88.1 cm³/mol. The number of nitrogens with one attached hydrogen (secondary N) is 2. The minimum atomic E-state index is 0.378. The fraction of sp³-hybridized carbons (Fsp3) is 0.733. The third-order valence-corrected chi connectivity index (χ3v) is 4.18. The van der Waals surface area contributed by atoms with Gasteiger partial charge in [-0.15, -0.1) is 0 Å². The van der Waals surface area contributed by atoms with Crippen LogP contribution in [0.2, 0.25) is 0 Å². The van der Waals surface area contributed by atoms with E-state index in [-0.39, 0.29) is 0 Å². The standard InChI is InChI=1S/C15H28N6/c1-11(2)13-14(16-3)18-10-19-15(13)17-8-12-9-20(4)6-7-21(12)5/h10-12H,6-9H2,1-5H3,(H2,16,17,18,19). The zero-order valence-corrected chi connectivity index (χ0v) is 13.8. The van der Waals surface area contributed by atoms with Gasteiger partial charge in [0.05, 0.1) is 0 Å². The SMILES string of the molecule is CNc1ncnc(NCC2CN(C)CCN2C)c1C(C)C. The molecule has 0 radical (unpaired) electrons. The van der Waals surface area contributed by atoms with Crippen LogP contribution < -0.4 is 10.6 Å². The minimum Gasteiger partial charge on any atom is -0.373 e. The highest BCUT2D eigenvalue weighted by Crippen LogP contribution is 2.28. The van der Waals surface area contributed by atoms with Crippen LogP contribution in [0, 0.1) is 0 Å². The molecule has 0 spiro atoms. The second kappa shape index (κ2) is 7.04. The topological polar surface area (TPSA) is 56.3 Å². The van der Waals surface area contributed by atoms with E-state index in [0.717, 1.165) is 43.4 Å². The number of aromatic nitrogens is 2. The predicted octanol–water partition coefficient (Wildman–Crippen LogP) is 1.30. The molecular weight excluding hydrogens is 264 g/mol. The third-order valence-electron chi connectivity index (χ3n) is 4.18. The maximum atomic E-state index is 4.44. The number of nitrogens with zero attached hydrogens (tertiary/aromatic N) is 4. The number of likely N-dealkylation sites (N-methyl/N-ethyl adjacent to an activating group) is 2. The number of anilines is 2. The number of piperazine rings is 1. The van der Waals surface area contributed by atoms with Gasteiger partial charge in [0, 0.05) is 44.8 Å². The summed E-state index contributed by atoms with van der Waals surface area (Å²) in [6.45, 7) is 8.59. The molecule has 0 saturated carbocycles. The summed E-state index contributed by atoms with van der Waals surface area (Å²) in [4.78, 5) is 13.6. The molecule has 1 aromatic rings. The lowest BCUT2D eigenvalue weighted by molar-refractivity contribution is 0.122. The van der Waals surface area contributed by atoms with Crippen LogP contribution in [-0.4, -0.2) is 73.1 Å². The summed E-state index contributed by atoms with van der Waals surface area (Å²) in [6.07, 6.45) is 1.62. The monoisotopic (exact) mass is 292 g/mol. The van der Waals surface area contributed by atoms with E-state index in [0.29, 0.717) is 12.0 Å². The Kier molecular flexibility index (Phi) is 5.36. The van der Waals surface area contributed by atoms with E-state index in [4.69, 9.17) is 0 Å². The number of hydrogen-bond donors (Lipinski definition) is 2. The first kappa shape index (κ1) is 16.0. The normalized spacial score (nSPS) is 20.8. The van der Waals surface area contributed by atoms with E-state index in [2.05, 4.69) is 58.3 Å². The summed E-state index contributed by atoms with van der Waals surface area (Å²) in [5.41, 5.74) is 1.16. The maximum Gasteiger partial charge on any atom is 0.135 e. The van der Waals surface area contributed by atoms with Gasteiger partial charge in [0.15, 0.2) is 0 Å². The van der Waals surface area contributed by atoms with Crippen LogP contribution in [0.15, 0.2) is 6.33 Å². The first-order valence-corrected chi connectivity index (χ1v) is 7.68. The van der Waals surface area contributed by atoms with Gasteiger partial charge in [0.1, 0.15) is 18.0 Å². The van der Waals surface area contributed by atoms with Crippen molar-refractivity contribution in [1.82, 2.24) is 19.8 Å². The Labute approximate surface area is 127 Å². The molecule has 118 valence electrons. The Bertz CT molecular complexity index is 461. The van der Waals surface area contributed by atoms with Crippen LogP contribution in [0.5, 0.6) is 0 Å². The average molecular weight is 292 g/mol. The van der Waals surface area contributed by atoms with Crippen LogP contribution in [0.3, 0.4) is 0 Å². The minimum absolute atomic E-state index is 0.378. The van der Waals surface area contributed by atoms with Gasteiger partial charge in [0.25, 0.3) is 0 Å². The number of hydrogen-bond acceptors (Lipinski definition) is 6. The lowest BCUT2D eigenvalue weighted by Gasteiger charge is -2.38. The van der Waals surface area contributed by atoms with E-state index in [9.17, 15) is 0 Å². The largest absolute Gasteiger partial charge is 0.373 e. The first-order chi connectivity index (χ1) is 10.0. The molecule has 1 atom stereocenters. The van der Waals surface area contributed by atoms with Gasteiger partial charge in [-0.3, -0.25) is 4.90 Å². The van der Waals surface area contributed by atoms with Gasteiger partial charge >= 0.3 is 0 Å². The molecule has 0 bridgehead atoms. The quantitative estimate of drug-likeness (QED) is 0.853. The second-order valence-electron chi connectivity index (χ2n) is 6.17. The van der Waals surface area contributed by atoms with E-state index >= 15 is 0 Å². The summed E-state index contributed by atoms with van der Waals surface area (Å²) in [7, 11) is 6.28. The molecule has 1 aromatic heterocycles. The van der Waals surface area contributed by atoms with Crippen molar-refractivity contribution in [2.45, 2.75) is 25.8 Å².